The summed E-state index contributed by atoms with van der Waals surface area (Å²) in [5, 5.41) is 24.1. The fourth-order valence-electron chi connectivity index (χ4n) is 1.76. The Balaban J connectivity index is 2.07. The SMILES string of the molecule is COc1ccc(N/C=C(/C#N)C(=O)Nc2ccccc2O)cc1. The fraction of sp³-hybridized carbons (Fsp3) is 0.0588. The van der Waals surface area contributed by atoms with Gasteiger partial charge in [0.1, 0.15) is 23.1 Å². The number of carbonyl (C=O) groups excluding carboxylic acids is 1. The van der Waals surface area contributed by atoms with Crippen LogP contribution in [0.2, 0.25) is 0 Å². The lowest BCUT2D eigenvalue weighted by Gasteiger charge is -2.07. The highest BCUT2D eigenvalue weighted by Gasteiger charge is 2.11. The lowest BCUT2D eigenvalue weighted by molar-refractivity contribution is -0.112. The maximum absolute atomic E-state index is 12.0. The number of amides is 1. The van der Waals surface area contributed by atoms with Crippen molar-refractivity contribution in [2.75, 3.05) is 17.7 Å². The summed E-state index contributed by atoms with van der Waals surface area (Å²) in [6, 6.07) is 15.1. The molecule has 3 N–H and O–H groups in total. The Morgan fingerprint density at radius 1 is 1.22 bits per heavy atom. The molecule has 0 heterocycles. The third-order valence-corrected chi connectivity index (χ3v) is 2.99. The summed E-state index contributed by atoms with van der Waals surface area (Å²) in [6.07, 6.45) is 1.30. The van der Waals surface area contributed by atoms with Crippen LogP contribution in [0.5, 0.6) is 11.5 Å². The van der Waals surface area contributed by atoms with Crippen LogP contribution < -0.4 is 15.4 Å². The van der Waals surface area contributed by atoms with Crippen molar-refractivity contribution < 1.29 is 14.6 Å². The zero-order chi connectivity index (χ0) is 16.7. The number of hydrogen-bond donors (Lipinski definition) is 3. The molecule has 0 fully saturated rings. The second-order valence-electron chi connectivity index (χ2n) is 4.51. The number of carbonyl (C=O) groups is 1. The van der Waals surface area contributed by atoms with Crippen LogP contribution in [-0.4, -0.2) is 18.1 Å². The number of nitrogens with zero attached hydrogens (tertiary/aromatic N) is 1. The molecule has 0 saturated carbocycles. The standard InChI is InChI=1S/C17H15N3O3/c1-23-14-8-6-13(7-9-14)19-11-12(10-18)17(22)20-15-4-2-3-5-16(15)21/h2-9,11,19,21H,1H3,(H,20,22)/b12-11-. The number of nitriles is 1. The molecular formula is C17H15N3O3. The first-order chi connectivity index (χ1) is 11.1. The number of para-hydroxylation sites is 2. The van der Waals surface area contributed by atoms with Gasteiger partial charge < -0.3 is 20.5 Å². The first kappa shape index (κ1) is 15.9. The van der Waals surface area contributed by atoms with E-state index in [1.807, 2.05) is 6.07 Å². The molecule has 0 aliphatic rings. The number of hydrogen-bond acceptors (Lipinski definition) is 5. The van der Waals surface area contributed by atoms with E-state index in [0.29, 0.717) is 11.4 Å². The van der Waals surface area contributed by atoms with Crippen LogP contribution >= 0.6 is 0 Å². The van der Waals surface area contributed by atoms with Gasteiger partial charge in [-0.25, -0.2) is 0 Å². The molecule has 0 radical (unpaired) electrons. The molecule has 0 aliphatic carbocycles. The fourth-order valence-corrected chi connectivity index (χ4v) is 1.76. The first-order valence-electron chi connectivity index (χ1n) is 6.74. The zero-order valence-corrected chi connectivity index (χ0v) is 12.4. The van der Waals surface area contributed by atoms with E-state index in [1.165, 1.54) is 12.3 Å². The summed E-state index contributed by atoms with van der Waals surface area (Å²) in [5.41, 5.74) is 0.820. The van der Waals surface area contributed by atoms with E-state index in [-0.39, 0.29) is 17.0 Å². The van der Waals surface area contributed by atoms with Gasteiger partial charge in [-0.05, 0) is 36.4 Å². The Morgan fingerprint density at radius 3 is 2.52 bits per heavy atom. The summed E-state index contributed by atoms with van der Waals surface area (Å²) >= 11 is 0. The molecular weight excluding hydrogens is 294 g/mol. The van der Waals surface area contributed by atoms with Gasteiger partial charge in [0.25, 0.3) is 5.91 Å². The summed E-state index contributed by atoms with van der Waals surface area (Å²) in [7, 11) is 1.57. The van der Waals surface area contributed by atoms with Gasteiger partial charge in [0.2, 0.25) is 0 Å². The van der Waals surface area contributed by atoms with Crippen LogP contribution in [0.4, 0.5) is 11.4 Å². The highest BCUT2D eigenvalue weighted by molar-refractivity contribution is 6.07. The largest absolute Gasteiger partial charge is 0.506 e. The number of ether oxygens (including phenoxy) is 1. The van der Waals surface area contributed by atoms with Crippen LogP contribution in [0.1, 0.15) is 0 Å². The van der Waals surface area contributed by atoms with Crippen molar-refractivity contribution in [3.8, 4) is 17.6 Å². The van der Waals surface area contributed by atoms with Crippen LogP contribution in [-0.2, 0) is 4.79 Å². The average molecular weight is 309 g/mol. The summed E-state index contributed by atoms with van der Waals surface area (Å²) in [4.78, 5) is 12.0. The number of nitrogens with one attached hydrogen (secondary N) is 2. The van der Waals surface area contributed by atoms with Gasteiger partial charge in [-0.1, -0.05) is 12.1 Å². The zero-order valence-electron chi connectivity index (χ0n) is 12.4. The molecule has 6 nitrogen and oxygen atoms in total. The van der Waals surface area contributed by atoms with Gasteiger partial charge in [0, 0.05) is 11.9 Å². The molecule has 0 spiro atoms. The van der Waals surface area contributed by atoms with E-state index in [0.717, 1.165) is 0 Å². The predicted molar refractivity (Wildman–Crippen MR) is 87.0 cm³/mol. The maximum atomic E-state index is 12.0. The molecule has 0 unspecified atom stereocenters. The van der Waals surface area contributed by atoms with E-state index in [9.17, 15) is 9.90 Å². The predicted octanol–water partition coefficient (Wildman–Crippen LogP) is 2.86. The molecule has 2 rings (SSSR count). The first-order valence-corrected chi connectivity index (χ1v) is 6.74. The molecule has 2 aromatic rings. The summed E-state index contributed by atoms with van der Waals surface area (Å²) < 4.78 is 5.05. The molecule has 6 heteroatoms. The number of aromatic hydroxyl groups is 1. The highest BCUT2D eigenvalue weighted by atomic mass is 16.5. The minimum Gasteiger partial charge on any atom is -0.506 e. The van der Waals surface area contributed by atoms with Gasteiger partial charge in [-0.3, -0.25) is 4.79 Å². The molecule has 1 amide bonds. The van der Waals surface area contributed by atoms with E-state index < -0.39 is 5.91 Å². The van der Waals surface area contributed by atoms with Crippen LogP contribution in [0.25, 0.3) is 0 Å². The Kier molecular flexibility index (Phi) is 5.21. The topological polar surface area (TPSA) is 94.4 Å². The molecule has 0 saturated heterocycles. The Bertz CT molecular complexity index is 761. The lowest BCUT2D eigenvalue weighted by Crippen LogP contribution is -2.14. The number of anilines is 2. The number of benzene rings is 2. The second-order valence-corrected chi connectivity index (χ2v) is 4.51. The van der Waals surface area contributed by atoms with Gasteiger partial charge in [0.15, 0.2) is 0 Å². The van der Waals surface area contributed by atoms with Crippen molar-refractivity contribution in [1.29, 1.82) is 5.26 Å². The molecule has 0 bridgehead atoms. The normalized spacial score (nSPS) is 10.5. The smallest absolute Gasteiger partial charge is 0.267 e. The third-order valence-electron chi connectivity index (χ3n) is 2.99. The Labute approximate surface area is 133 Å². The van der Waals surface area contributed by atoms with E-state index in [2.05, 4.69) is 10.6 Å². The minimum atomic E-state index is -0.616. The maximum Gasteiger partial charge on any atom is 0.267 e. The van der Waals surface area contributed by atoms with Gasteiger partial charge >= 0.3 is 0 Å². The Hall–Kier alpha value is -3.46. The number of phenols is 1. The van der Waals surface area contributed by atoms with Crippen LogP contribution in [0.15, 0.2) is 60.3 Å². The van der Waals surface area contributed by atoms with Gasteiger partial charge in [-0.2, -0.15) is 5.26 Å². The molecule has 23 heavy (non-hydrogen) atoms. The number of rotatable bonds is 5. The van der Waals surface area contributed by atoms with Crippen molar-refractivity contribution >= 4 is 17.3 Å². The van der Waals surface area contributed by atoms with Gasteiger partial charge in [0.05, 0.1) is 12.8 Å². The Morgan fingerprint density at radius 2 is 1.91 bits per heavy atom. The van der Waals surface area contributed by atoms with Crippen LogP contribution in [0.3, 0.4) is 0 Å². The van der Waals surface area contributed by atoms with E-state index in [4.69, 9.17) is 10.00 Å². The third kappa shape index (κ3) is 4.25. The van der Waals surface area contributed by atoms with Crippen molar-refractivity contribution in [2.45, 2.75) is 0 Å². The summed E-state index contributed by atoms with van der Waals surface area (Å²) in [5.74, 6) is 0.0218. The molecule has 2 aromatic carbocycles. The van der Waals surface area contributed by atoms with Crippen molar-refractivity contribution in [3.05, 3.63) is 60.3 Å². The van der Waals surface area contributed by atoms with Crippen molar-refractivity contribution in [3.63, 3.8) is 0 Å². The molecule has 0 aliphatic heterocycles. The molecule has 116 valence electrons. The lowest BCUT2D eigenvalue weighted by atomic mass is 10.2. The number of phenolic OH excluding ortho intramolecular Hbond substituents is 1. The monoisotopic (exact) mass is 309 g/mol. The molecule has 0 atom stereocenters. The van der Waals surface area contributed by atoms with Gasteiger partial charge in [-0.15, -0.1) is 0 Å². The van der Waals surface area contributed by atoms with Crippen molar-refractivity contribution in [2.24, 2.45) is 0 Å². The van der Waals surface area contributed by atoms with E-state index in [1.54, 1.807) is 49.6 Å². The minimum absolute atomic E-state index is 0.0683. The van der Waals surface area contributed by atoms with E-state index >= 15 is 0 Å². The highest BCUT2D eigenvalue weighted by Crippen LogP contribution is 2.22. The number of methoxy groups -OCH3 is 1. The summed E-state index contributed by atoms with van der Waals surface area (Å²) in [6.45, 7) is 0. The quantitative estimate of drug-likeness (QED) is 0.448. The molecule has 0 aromatic heterocycles. The average Bonchev–Trinajstić information content (AvgIpc) is 2.58. The second kappa shape index (κ2) is 7.52. The van der Waals surface area contributed by atoms with Crippen molar-refractivity contribution in [1.82, 2.24) is 0 Å². The van der Waals surface area contributed by atoms with Crippen LogP contribution in [0, 0.1) is 11.3 Å².